The molecule has 3 heterocycles. The highest BCUT2D eigenvalue weighted by atomic mass is 35.5. The Bertz CT molecular complexity index is 1020. The molecule has 3 N–H and O–H groups in total. The van der Waals surface area contributed by atoms with Gasteiger partial charge in [0.05, 0.1) is 17.9 Å². The average molecular weight is 366 g/mol. The molecule has 0 aliphatic heterocycles. The van der Waals surface area contributed by atoms with Crippen LogP contribution in [0.5, 0.6) is 0 Å². The number of rotatable bonds is 6. The van der Waals surface area contributed by atoms with Crippen LogP contribution in [0.2, 0.25) is 5.02 Å². The molecule has 3 aromatic heterocycles. The highest BCUT2D eigenvalue weighted by Crippen LogP contribution is 2.23. The summed E-state index contributed by atoms with van der Waals surface area (Å²) < 4.78 is 0. The molecule has 0 aliphatic rings. The van der Waals surface area contributed by atoms with Crippen molar-refractivity contribution in [2.24, 2.45) is 0 Å². The molecule has 130 valence electrons. The van der Waals surface area contributed by atoms with Crippen molar-refractivity contribution in [1.82, 2.24) is 25.1 Å². The van der Waals surface area contributed by atoms with E-state index in [1.54, 1.807) is 18.6 Å². The number of H-pyrrole nitrogens is 1. The van der Waals surface area contributed by atoms with Crippen molar-refractivity contribution in [2.45, 2.75) is 6.42 Å². The topological polar surface area (TPSA) is 91.4 Å². The summed E-state index contributed by atoms with van der Waals surface area (Å²) in [4.78, 5) is 13.0. The summed E-state index contributed by atoms with van der Waals surface area (Å²) in [7, 11) is 0. The molecule has 1 aromatic carbocycles. The highest BCUT2D eigenvalue weighted by molar-refractivity contribution is 6.32. The predicted octanol–water partition coefficient (Wildman–Crippen LogP) is 3.80. The summed E-state index contributed by atoms with van der Waals surface area (Å²) in [5.74, 6) is 1.06. The number of halogens is 1. The van der Waals surface area contributed by atoms with Crippen molar-refractivity contribution in [3.8, 4) is 0 Å². The molecule has 0 radical (unpaired) electrons. The lowest BCUT2D eigenvalue weighted by molar-refractivity contribution is 0.951. The molecule has 0 spiro atoms. The summed E-state index contributed by atoms with van der Waals surface area (Å²) in [5.41, 5.74) is 2.86. The normalized spacial score (nSPS) is 10.8. The van der Waals surface area contributed by atoms with E-state index in [1.165, 1.54) is 0 Å². The van der Waals surface area contributed by atoms with Crippen molar-refractivity contribution in [3.63, 3.8) is 0 Å². The monoisotopic (exact) mass is 365 g/mol. The Balaban J connectivity index is 1.45. The molecule has 4 aromatic rings. The zero-order chi connectivity index (χ0) is 17.8. The predicted molar refractivity (Wildman–Crippen MR) is 103 cm³/mol. The highest BCUT2D eigenvalue weighted by Gasteiger charge is 2.07. The Kier molecular flexibility index (Phi) is 4.61. The molecular formula is C18H16ClN7. The molecule has 7 nitrogen and oxygen atoms in total. The Labute approximate surface area is 154 Å². The van der Waals surface area contributed by atoms with Crippen LogP contribution in [0.1, 0.15) is 5.69 Å². The number of nitrogens with one attached hydrogen (secondary N) is 3. The van der Waals surface area contributed by atoms with Gasteiger partial charge in [0, 0.05) is 35.9 Å². The van der Waals surface area contributed by atoms with Gasteiger partial charge in [-0.3, -0.25) is 10.1 Å². The van der Waals surface area contributed by atoms with Gasteiger partial charge in [0.2, 0.25) is 5.95 Å². The Morgan fingerprint density at radius 1 is 1.08 bits per heavy atom. The summed E-state index contributed by atoms with van der Waals surface area (Å²) in [6, 6.07) is 11.7. The average Bonchev–Trinajstić information content (AvgIpc) is 3.13. The molecule has 0 saturated carbocycles. The molecule has 0 saturated heterocycles. The fourth-order valence-electron chi connectivity index (χ4n) is 2.56. The molecule has 0 aliphatic carbocycles. The number of nitrogens with zero attached hydrogens (tertiary/aromatic N) is 4. The second kappa shape index (κ2) is 7.37. The third kappa shape index (κ3) is 3.73. The van der Waals surface area contributed by atoms with Gasteiger partial charge in [-0.15, -0.1) is 0 Å². The molecule has 0 bridgehead atoms. The van der Waals surface area contributed by atoms with Crippen molar-refractivity contribution in [1.29, 1.82) is 0 Å². The van der Waals surface area contributed by atoms with E-state index < -0.39 is 0 Å². The van der Waals surface area contributed by atoms with E-state index in [0.29, 0.717) is 23.3 Å². The molecular weight excluding hydrogens is 350 g/mol. The van der Waals surface area contributed by atoms with Gasteiger partial charge in [0.25, 0.3) is 0 Å². The summed E-state index contributed by atoms with van der Waals surface area (Å²) in [5, 5.41) is 14.8. The van der Waals surface area contributed by atoms with Gasteiger partial charge in [-0.1, -0.05) is 17.7 Å². The van der Waals surface area contributed by atoms with Crippen LogP contribution in [-0.4, -0.2) is 31.7 Å². The Morgan fingerprint density at radius 3 is 2.92 bits per heavy atom. The van der Waals surface area contributed by atoms with Gasteiger partial charge in [0.1, 0.15) is 5.02 Å². The van der Waals surface area contributed by atoms with Crippen molar-refractivity contribution in [3.05, 3.63) is 65.7 Å². The number of aromatic nitrogens is 5. The lowest BCUT2D eigenvalue weighted by Gasteiger charge is -2.10. The van der Waals surface area contributed by atoms with Gasteiger partial charge in [-0.05, 0) is 30.3 Å². The number of hydrogen-bond donors (Lipinski definition) is 3. The van der Waals surface area contributed by atoms with Crippen LogP contribution in [0.25, 0.3) is 10.9 Å². The van der Waals surface area contributed by atoms with E-state index >= 15 is 0 Å². The molecule has 8 heteroatoms. The molecule has 0 fully saturated rings. The molecule has 4 rings (SSSR count). The first-order valence-corrected chi connectivity index (χ1v) is 8.52. The second-order valence-electron chi connectivity index (χ2n) is 5.69. The van der Waals surface area contributed by atoms with E-state index in [-0.39, 0.29) is 0 Å². The minimum atomic E-state index is 0.470. The van der Waals surface area contributed by atoms with Crippen molar-refractivity contribution in [2.75, 3.05) is 17.2 Å². The van der Waals surface area contributed by atoms with Crippen molar-refractivity contribution >= 4 is 40.0 Å². The number of aromatic amines is 1. The van der Waals surface area contributed by atoms with E-state index in [4.69, 9.17) is 11.6 Å². The largest absolute Gasteiger partial charge is 0.368 e. The molecule has 0 amide bonds. The van der Waals surface area contributed by atoms with Crippen molar-refractivity contribution < 1.29 is 0 Å². The van der Waals surface area contributed by atoms with Gasteiger partial charge in [-0.2, -0.15) is 10.1 Å². The molecule has 0 unspecified atom stereocenters. The van der Waals surface area contributed by atoms with Gasteiger partial charge >= 0.3 is 0 Å². The Morgan fingerprint density at radius 2 is 2.04 bits per heavy atom. The third-order valence-electron chi connectivity index (χ3n) is 3.84. The van der Waals surface area contributed by atoms with Gasteiger partial charge in [-0.25, -0.2) is 4.98 Å². The first-order chi connectivity index (χ1) is 12.8. The lowest BCUT2D eigenvalue weighted by Crippen LogP contribution is -2.09. The number of pyridine rings is 1. The standard InChI is InChI=1S/C18H16ClN7/c19-15-11-22-18(24-14-4-5-16-12(9-14)10-23-26-16)25-17(15)21-8-6-13-3-1-2-7-20-13/h1-5,7,9-11H,6,8H2,(H,23,26)(H2,21,22,24,25). The summed E-state index contributed by atoms with van der Waals surface area (Å²) in [6.45, 7) is 0.675. The molecule has 0 atom stereocenters. The van der Waals surface area contributed by atoms with Crippen LogP contribution >= 0.6 is 11.6 Å². The fraction of sp³-hybridized carbons (Fsp3) is 0.111. The maximum Gasteiger partial charge on any atom is 0.229 e. The summed E-state index contributed by atoms with van der Waals surface area (Å²) >= 11 is 6.20. The quantitative estimate of drug-likeness (QED) is 0.481. The first kappa shape index (κ1) is 16.3. The van der Waals surface area contributed by atoms with Crippen LogP contribution in [0.15, 0.2) is 55.0 Å². The van der Waals surface area contributed by atoms with Crippen LogP contribution in [0.3, 0.4) is 0 Å². The van der Waals surface area contributed by atoms with Gasteiger partial charge < -0.3 is 10.6 Å². The van der Waals surface area contributed by atoms with Crippen LogP contribution < -0.4 is 10.6 Å². The minimum absolute atomic E-state index is 0.470. The third-order valence-corrected chi connectivity index (χ3v) is 4.12. The Hall–Kier alpha value is -3.19. The zero-order valence-electron chi connectivity index (χ0n) is 13.8. The second-order valence-corrected chi connectivity index (χ2v) is 6.09. The minimum Gasteiger partial charge on any atom is -0.368 e. The van der Waals surface area contributed by atoms with Gasteiger partial charge in [0.15, 0.2) is 5.82 Å². The smallest absolute Gasteiger partial charge is 0.229 e. The maximum atomic E-state index is 6.20. The number of hydrogen-bond acceptors (Lipinski definition) is 6. The van der Waals surface area contributed by atoms with Crippen LogP contribution in [0.4, 0.5) is 17.5 Å². The maximum absolute atomic E-state index is 6.20. The van der Waals surface area contributed by atoms with E-state index in [1.807, 2.05) is 36.4 Å². The van der Waals surface area contributed by atoms with E-state index in [0.717, 1.165) is 28.7 Å². The number of benzene rings is 1. The van der Waals surface area contributed by atoms with Crippen LogP contribution in [-0.2, 0) is 6.42 Å². The first-order valence-electron chi connectivity index (χ1n) is 8.14. The lowest BCUT2D eigenvalue weighted by atomic mass is 10.2. The van der Waals surface area contributed by atoms with E-state index in [2.05, 4.69) is 35.8 Å². The summed E-state index contributed by atoms with van der Waals surface area (Å²) in [6.07, 6.45) is 5.91. The SMILES string of the molecule is Clc1cnc(Nc2ccc3[nH]ncc3c2)nc1NCCc1ccccn1. The number of anilines is 3. The number of fused-ring (bicyclic) bond motifs is 1. The van der Waals surface area contributed by atoms with E-state index in [9.17, 15) is 0 Å². The zero-order valence-corrected chi connectivity index (χ0v) is 14.5. The van der Waals surface area contributed by atoms with Crippen LogP contribution in [0, 0.1) is 0 Å². The fourth-order valence-corrected chi connectivity index (χ4v) is 2.71. The molecule has 26 heavy (non-hydrogen) atoms.